The van der Waals surface area contributed by atoms with E-state index in [0.29, 0.717) is 11.1 Å². The summed E-state index contributed by atoms with van der Waals surface area (Å²) >= 11 is -4.69. The van der Waals surface area contributed by atoms with Crippen LogP contribution in [0.2, 0.25) is 0 Å². The summed E-state index contributed by atoms with van der Waals surface area (Å²) < 4.78 is 174. The molecule has 0 bridgehead atoms. The zero-order valence-electron chi connectivity index (χ0n) is 69.5. The molecule has 10 aromatic rings. The van der Waals surface area contributed by atoms with Crippen LogP contribution in [0.3, 0.4) is 0 Å². The second-order valence-electron chi connectivity index (χ2n) is 26.6. The highest BCUT2D eigenvalue weighted by atomic mass is 35.7. The lowest BCUT2D eigenvalue weighted by Gasteiger charge is -2.24. The van der Waals surface area contributed by atoms with Gasteiger partial charge in [0.15, 0.2) is 12.2 Å². The van der Waals surface area contributed by atoms with Crippen molar-refractivity contribution in [2.45, 2.75) is 182 Å². The molecule has 10 aromatic carbocycles. The second-order valence-corrected chi connectivity index (χ2v) is 39.4. The van der Waals surface area contributed by atoms with Crippen molar-refractivity contribution >= 4 is 94.3 Å². The molecule has 119 heavy (non-hydrogen) atoms. The molecule has 0 aromatic heterocycles. The summed E-state index contributed by atoms with van der Waals surface area (Å²) in [5, 5.41) is 34.5. The maximum atomic E-state index is 12.8. The highest BCUT2D eigenvalue weighted by Crippen LogP contribution is 2.40. The van der Waals surface area contributed by atoms with Crippen molar-refractivity contribution < 1.29 is 79.4 Å². The lowest BCUT2D eigenvalue weighted by atomic mass is 10.0. The standard InChI is InChI=1S/C17H21NO4S2.C16H17NO4S2.2C16H19NO3S.C9H13NO.C7H7ClO2S.2C2H6.CH5NOS/c1-13-9-11-16(12-10-13)24(20,21)18-14(2)17(22-23(3)19)15-7-5-4-6-8-15;1-12-8-10-15(11-9-12)23(19,20)17-13(2)16(21-22(17)18)14-6-4-3-5-7-14;2*1-12-8-10-15(11-9-12)21(19,20)17-13(2)16(18)14-6-4-3-5-7-14;1-7(10)9(11)8-5-3-2-4-6-8;1-6-2-4-7(5-3-6)11(8,9)10;2*1-2;1-4(2)3/h4-12,14,17-18H,1-3H3;3-11,13,16H,1-2H3;2*3-11,13,16-18H,1-2H3;2-7,9,11H,10H2,1H3;2-5H,1H3;2*1-2H3;2H2,1H3/t14-,17-,23?;13-,16-,22?;2*13-,16-;7-,9-;;;;/m11111..../s1. The van der Waals surface area contributed by atoms with Gasteiger partial charge < -0.3 is 34.7 Å². The molecule has 11 rings (SSSR count). The fourth-order valence-corrected chi connectivity index (χ4v) is 18.8. The summed E-state index contributed by atoms with van der Waals surface area (Å²) in [5.41, 5.74) is 14.2. The number of halogens is 1. The first-order valence-corrected chi connectivity index (χ1v) is 49.9. The van der Waals surface area contributed by atoms with Gasteiger partial charge in [-0.25, -0.2) is 56.3 Å². The maximum Gasteiger partial charge on any atom is 0.285 e. The number of aryl methyl sites for hydroxylation is 5. The molecule has 0 amide bonds. The van der Waals surface area contributed by atoms with Crippen LogP contribution in [0.5, 0.6) is 0 Å². The number of nitrogens with zero attached hydrogens (tertiary/aromatic N) is 1. The number of benzene rings is 10. The number of nitrogens with two attached hydrogens (primary N) is 2. The summed E-state index contributed by atoms with van der Waals surface area (Å²) in [6.07, 6.45) is -0.722. The monoisotopic (exact) mass is 1810 g/mol. The number of hydrogen-bond acceptors (Lipinski definition) is 20. The van der Waals surface area contributed by atoms with Crippen LogP contribution in [0.1, 0.15) is 148 Å². The average molecular weight is 1810 g/mol. The third kappa shape index (κ3) is 36.4. The summed E-state index contributed by atoms with van der Waals surface area (Å²) in [6.45, 7) is 25.9. The molecule has 0 spiro atoms. The Balaban J connectivity index is 0.000000369. The minimum atomic E-state index is -3.89. The minimum absolute atomic E-state index is 0.112. The van der Waals surface area contributed by atoms with Gasteiger partial charge in [0.25, 0.3) is 19.1 Å². The van der Waals surface area contributed by atoms with Crippen LogP contribution in [0.4, 0.5) is 0 Å². The Morgan fingerprint density at radius 3 is 0.958 bits per heavy atom. The van der Waals surface area contributed by atoms with Gasteiger partial charge in [-0.05, 0) is 158 Å². The Kier molecular flexibility index (Phi) is 46.5. The summed E-state index contributed by atoms with van der Waals surface area (Å²) in [6, 6.07) is 75.7. The third-order valence-electron chi connectivity index (χ3n) is 16.8. The molecular weight excluding hydrogens is 1700 g/mol. The Morgan fingerprint density at radius 2 is 0.681 bits per heavy atom. The fourth-order valence-electron chi connectivity index (χ4n) is 10.6. The van der Waals surface area contributed by atoms with Gasteiger partial charge in [-0.3, -0.25) is 0 Å². The highest BCUT2D eigenvalue weighted by Gasteiger charge is 2.53. The Labute approximate surface area is 720 Å². The van der Waals surface area contributed by atoms with E-state index in [1.165, 1.54) is 36.8 Å². The number of rotatable bonds is 23. The van der Waals surface area contributed by atoms with Gasteiger partial charge in [0.2, 0.25) is 41.7 Å². The lowest BCUT2D eigenvalue weighted by Crippen LogP contribution is -2.38. The van der Waals surface area contributed by atoms with E-state index in [-0.39, 0.29) is 30.5 Å². The molecule has 0 aliphatic carbocycles. The van der Waals surface area contributed by atoms with Gasteiger partial charge in [-0.1, -0.05) is 268 Å². The molecule has 24 nitrogen and oxygen atoms in total. The van der Waals surface area contributed by atoms with Crippen molar-refractivity contribution in [3.8, 4) is 0 Å². The predicted molar refractivity (Wildman–Crippen MR) is 478 cm³/mol. The first-order chi connectivity index (χ1) is 55.9. The van der Waals surface area contributed by atoms with Crippen LogP contribution in [-0.2, 0) is 92.0 Å². The fraction of sp³-hybridized carbons (Fsp3) is 0.302. The quantitative estimate of drug-likeness (QED) is 0.0218. The first-order valence-electron chi connectivity index (χ1n) is 37.6. The molecule has 1 heterocycles. The van der Waals surface area contributed by atoms with Crippen LogP contribution in [0, 0.1) is 34.6 Å². The van der Waals surface area contributed by atoms with Crippen molar-refractivity contribution in [3.63, 3.8) is 0 Å². The normalized spacial score (nSPS) is 16.4. The minimum Gasteiger partial charge on any atom is -0.599 e. The van der Waals surface area contributed by atoms with Crippen molar-refractivity contribution in [2.24, 2.45) is 10.9 Å². The second kappa shape index (κ2) is 52.3. The summed E-state index contributed by atoms with van der Waals surface area (Å²) in [4.78, 5) is 0.829. The van der Waals surface area contributed by atoms with Gasteiger partial charge in [0.1, 0.15) is 30.0 Å². The largest absolute Gasteiger partial charge is 0.599 e. The molecule has 1 aliphatic rings. The average Bonchev–Trinajstić information content (AvgIpc) is 1.62. The summed E-state index contributed by atoms with van der Waals surface area (Å²) in [7, 11) is -13.3. The molecule has 0 radical (unpaired) electrons. The van der Waals surface area contributed by atoms with E-state index in [2.05, 4.69) is 19.3 Å². The highest BCUT2D eigenvalue weighted by molar-refractivity contribution is 8.13. The van der Waals surface area contributed by atoms with E-state index in [1.54, 1.807) is 180 Å². The van der Waals surface area contributed by atoms with E-state index >= 15 is 0 Å². The van der Waals surface area contributed by atoms with Crippen LogP contribution >= 0.6 is 10.7 Å². The molecular formula is C86H113ClN6O18S8. The van der Waals surface area contributed by atoms with Crippen LogP contribution < -0.4 is 25.0 Å². The van der Waals surface area contributed by atoms with Gasteiger partial charge in [0.05, 0.1) is 48.8 Å². The van der Waals surface area contributed by atoms with E-state index in [4.69, 9.17) is 24.8 Å². The molecule has 1 aliphatic heterocycles. The first kappa shape index (κ1) is 106. The maximum absolute atomic E-state index is 12.8. The molecule has 650 valence electrons. The zero-order chi connectivity index (χ0) is 89.6. The van der Waals surface area contributed by atoms with E-state index in [1.807, 2.05) is 165 Å². The molecule has 33 heteroatoms. The molecule has 10 N–H and O–H groups in total. The van der Waals surface area contributed by atoms with Crippen LogP contribution in [-0.4, -0.2) is 117 Å². The Hall–Kier alpha value is -7.27. The Morgan fingerprint density at radius 1 is 0.429 bits per heavy atom. The molecule has 3 unspecified atom stereocenters. The van der Waals surface area contributed by atoms with Gasteiger partial charge in [-0.2, -0.15) is 9.32 Å². The Bertz CT molecular complexity index is 4990. The summed E-state index contributed by atoms with van der Waals surface area (Å²) in [5.74, 6) is 0. The smallest absolute Gasteiger partial charge is 0.285 e. The SMILES string of the molecule is CC.CC.C[C@@H](N)[C@@H](O)c1ccccc1.C[S+](N)[O-].Cc1ccc(S(=O)(=O)Cl)cc1.Cc1ccc(S(=O)(=O)N2[C@H](C)[C@H](c3ccccc3)O[S+]2[O-])cc1.Cc1ccc(S(=O)(=O)N[C@H](C)[C@@H](O)c2ccccc2)cc1.Cc1ccc(S(=O)(=O)N[C@H](C)[C@@H](O)c2ccccc2)cc1.Cc1ccc(S(=O)(=O)N[C@H](C)[C@@H](O[S+](C)[O-])c2ccccc2)cc1. The van der Waals surface area contributed by atoms with Crippen molar-refractivity contribution in [1.29, 1.82) is 0 Å². The van der Waals surface area contributed by atoms with Gasteiger partial charge >= 0.3 is 0 Å². The van der Waals surface area contributed by atoms with E-state index < -0.39 is 138 Å². The van der Waals surface area contributed by atoms with Crippen LogP contribution in [0.25, 0.3) is 0 Å². The number of nitrogens with one attached hydrogen (secondary N) is 3. The van der Waals surface area contributed by atoms with Gasteiger partial charge in [-0.15, -0.1) is 4.18 Å². The molecule has 13 atom stereocenters. The number of sulfonamides is 4. The lowest BCUT2D eigenvalue weighted by molar-refractivity contribution is 0.146. The molecule has 1 saturated heterocycles. The van der Waals surface area contributed by atoms with Crippen molar-refractivity contribution in [2.75, 3.05) is 12.5 Å². The van der Waals surface area contributed by atoms with Crippen molar-refractivity contribution in [3.05, 3.63) is 329 Å². The van der Waals surface area contributed by atoms with Crippen LogP contribution in [0.15, 0.2) is 297 Å². The predicted octanol–water partition coefficient (Wildman–Crippen LogP) is 14.5. The zero-order valence-corrected chi connectivity index (χ0v) is 76.8. The topological polar surface area (TPSA) is 410 Å². The molecule has 1 fully saturated rings. The van der Waals surface area contributed by atoms with E-state index in [0.717, 1.165) is 48.2 Å². The number of aliphatic hydroxyl groups is 3. The number of hydrogen-bond donors (Lipinski definition) is 8. The third-order valence-corrected chi connectivity index (χ3v) is 27.0. The number of aliphatic hydroxyl groups excluding tert-OH is 3. The molecule has 0 saturated carbocycles. The van der Waals surface area contributed by atoms with Crippen molar-refractivity contribution in [1.82, 2.24) is 17.9 Å². The van der Waals surface area contributed by atoms with E-state index in [9.17, 15) is 71.1 Å². The van der Waals surface area contributed by atoms with Gasteiger partial charge in [0, 0.05) is 43.9 Å².